The Kier molecular flexibility index (Phi) is 5.21. The smallest absolute Gasteiger partial charge is 0.134 e. The Labute approximate surface area is 122 Å². The monoisotopic (exact) mass is 276 g/mol. The molecule has 0 aliphatic heterocycles. The van der Waals surface area contributed by atoms with Gasteiger partial charge in [-0.05, 0) is 31.6 Å². The van der Waals surface area contributed by atoms with Crippen LogP contribution in [-0.2, 0) is 6.42 Å². The molecule has 1 aromatic heterocycles. The average molecular weight is 276 g/mol. The topological polar surface area (TPSA) is 49.8 Å². The molecule has 112 valence electrons. The van der Waals surface area contributed by atoms with Crippen LogP contribution in [-0.4, -0.2) is 23.6 Å². The molecular weight excluding hydrogens is 248 g/mol. The normalized spacial score (nSPS) is 22.0. The number of nitrogens with one attached hydrogen (secondary N) is 2. The van der Waals surface area contributed by atoms with Crippen LogP contribution in [0.1, 0.15) is 50.9 Å². The fourth-order valence-electron chi connectivity index (χ4n) is 3.07. The molecule has 2 N–H and O–H groups in total. The van der Waals surface area contributed by atoms with E-state index in [1.165, 1.54) is 19.3 Å². The van der Waals surface area contributed by atoms with E-state index >= 15 is 0 Å². The first kappa shape index (κ1) is 15.1. The highest BCUT2D eigenvalue weighted by Gasteiger charge is 2.23. The molecule has 1 heterocycles. The van der Waals surface area contributed by atoms with E-state index in [1.807, 2.05) is 7.05 Å². The molecule has 1 fully saturated rings. The average Bonchev–Trinajstić information content (AvgIpc) is 2.84. The van der Waals surface area contributed by atoms with E-state index in [4.69, 9.17) is 4.98 Å². The Hall–Kier alpha value is -1.32. The molecule has 2 atom stereocenters. The quantitative estimate of drug-likeness (QED) is 0.833. The molecule has 0 saturated heterocycles. The Morgan fingerprint density at radius 1 is 1.20 bits per heavy atom. The van der Waals surface area contributed by atoms with Crippen LogP contribution in [0.25, 0.3) is 0 Å². The van der Waals surface area contributed by atoms with Gasteiger partial charge in [0.15, 0.2) is 0 Å². The summed E-state index contributed by atoms with van der Waals surface area (Å²) in [5.74, 6) is 4.52. The van der Waals surface area contributed by atoms with Crippen molar-refractivity contribution < 1.29 is 0 Å². The molecule has 20 heavy (non-hydrogen) atoms. The Bertz CT molecular complexity index is 444. The predicted octanol–water partition coefficient (Wildman–Crippen LogP) is 3.63. The number of anilines is 2. The maximum absolute atomic E-state index is 4.69. The highest BCUT2D eigenvalue weighted by molar-refractivity contribution is 5.57. The van der Waals surface area contributed by atoms with E-state index in [0.717, 1.165) is 54.2 Å². The zero-order valence-corrected chi connectivity index (χ0v) is 13.3. The lowest BCUT2D eigenvalue weighted by Gasteiger charge is -2.18. The van der Waals surface area contributed by atoms with Crippen molar-refractivity contribution in [1.82, 2.24) is 9.97 Å². The molecule has 1 aliphatic rings. The minimum Gasteiger partial charge on any atom is -0.373 e. The summed E-state index contributed by atoms with van der Waals surface area (Å²) < 4.78 is 0. The molecule has 2 rings (SSSR count). The molecule has 1 aromatic rings. The second kappa shape index (κ2) is 6.91. The first-order valence-electron chi connectivity index (χ1n) is 7.94. The summed E-state index contributed by atoms with van der Waals surface area (Å²) in [7, 11) is 1.92. The molecule has 1 saturated carbocycles. The highest BCUT2D eigenvalue weighted by Crippen LogP contribution is 2.31. The van der Waals surface area contributed by atoms with Gasteiger partial charge in [-0.2, -0.15) is 0 Å². The Morgan fingerprint density at radius 2 is 1.95 bits per heavy atom. The van der Waals surface area contributed by atoms with Gasteiger partial charge in [0.1, 0.15) is 17.5 Å². The van der Waals surface area contributed by atoms with Gasteiger partial charge in [0.05, 0.1) is 0 Å². The van der Waals surface area contributed by atoms with Crippen LogP contribution in [0.3, 0.4) is 0 Å². The number of hydrogen-bond acceptors (Lipinski definition) is 4. The van der Waals surface area contributed by atoms with Gasteiger partial charge in [-0.3, -0.25) is 0 Å². The molecule has 0 radical (unpaired) electrons. The van der Waals surface area contributed by atoms with Crippen LogP contribution >= 0.6 is 0 Å². The van der Waals surface area contributed by atoms with E-state index in [1.54, 1.807) is 0 Å². The zero-order valence-electron chi connectivity index (χ0n) is 13.3. The first-order chi connectivity index (χ1) is 9.65. The van der Waals surface area contributed by atoms with E-state index in [2.05, 4.69) is 36.4 Å². The van der Waals surface area contributed by atoms with Gasteiger partial charge in [-0.25, -0.2) is 9.97 Å². The highest BCUT2D eigenvalue weighted by atomic mass is 15.1. The maximum Gasteiger partial charge on any atom is 0.134 e. The van der Waals surface area contributed by atoms with Crippen LogP contribution in [0.2, 0.25) is 0 Å². The molecule has 0 aromatic carbocycles. The molecule has 0 spiro atoms. The SMILES string of the molecule is CCCc1nc(NC)c(C)c(NCC2CCCC2C)n1. The van der Waals surface area contributed by atoms with Gasteiger partial charge >= 0.3 is 0 Å². The van der Waals surface area contributed by atoms with Gasteiger partial charge in [0.2, 0.25) is 0 Å². The number of aromatic nitrogens is 2. The van der Waals surface area contributed by atoms with Crippen molar-refractivity contribution in [3.05, 3.63) is 11.4 Å². The van der Waals surface area contributed by atoms with Crippen LogP contribution in [0.4, 0.5) is 11.6 Å². The third kappa shape index (κ3) is 3.41. The zero-order chi connectivity index (χ0) is 14.5. The number of nitrogens with zero attached hydrogens (tertiary/aromatic N) is 2. The van der Waals surface area contributed by atoms with Crippen molar-refractivity contribution in [1.29, 1.82) is 0 Å². The Morgan fingerprint density at radius 3 is 2.55 bits per heavy atom. The number of rotatable bonds is 6. The van der Waals surface area contributed by atoms with Crippen LogP contribution in [0.5, 0.6) is 0 Å². The van der Waals surface area contributed by atoms with E-state index in [0.29, 0.717) is 0 Å². The maximum atomic E-state index is 4.69. The van der Waals surface area contributed by atoms with Crippen molar-refractivity contribution in [2.75, 3.05) is 24.2 Å². The van der Waals surface area contributed by atoms with E-state index < -0.39 is 0 Å². The minimum absolute atomic E-state index is 0.789. The van der Waals surface area contributed by atoms with Crippen molar-refractivity contribution in [2.24, 2.45) is 11.8 Å². The molecular formula is C16H28N4. The standard InChI is InChI=1S/C16H28N4/c1-5-7-14-19-15(17-4)12(3)16(20-14)18-10-13-9-6-8-11(13)2/h11,13H,5-10H2,1-4H3,(H2,17,18,19,20). The molecule has 4 heteroatoms. The summed E-state index contributed by atoms with van der Waals surface area (Å²) >= 11 is 0. The minimum atomic E-state index is 0.789. The van der Waals surface area contributed by atoms with Crippen LogP contribution in [0, 0.1) is 18.8 Å². The second-order valence-corrected chi connectivity index (χ2v) is 6.01. The number of aryl methyl sites for hydroxylation is 1. The van der Waals surface area contributed by atoms with Gasteiger partial charge in [0, 0.05) is 25.6 Å². The fourth-order valence-corrected chi connectivity index (χ4v) is 3.07. The largest absolute Gasteiger partial charge is 0.373 e. The summed E-state index contributed by atoms with van der Waals surface area (Å²) in [6.45, 7) is 7.65. The lowest BCUT2D eigenvalue weighted by molar-refractivity contribution is 0.439. The van der Waals surface area contributed by atoms with Crippen LogP contribution in [0.15, 0.2) is 0 Å². The summed E-state index contributed by atoms with van der Waals surface area (Å²) in [6, 6.07) is 0. The third-order valence-corrected chi connectivity index (χ3v) is 4.47. The third-order valence-electron chi connectivity index (χ3n) is 4.47. The summed E-state index contributed by atoms with van der Waals surface area (Å²) in [5, 5.41) is 6.75. The lowest BCUT2D eigenvalue weighted by Crippen LogP contribution is -2.18. The van der Waals surface area contributed by atoms with Gasteiger partial charge in [-0.1, -0.05) is 26.7 Å². The fraction of sp³-hybridized carbons (Fsp3) is 0.750. The molecule has 0 bridgehead atoms. The van der Waals surface area contributed by atoms with Gasteiger partial charge in [-0.15, -0.1) is 0 Å². The lowest BCUT2D eigenvalue weighted by atomic mass is 9.98. The number of hydrogen-bond donors (Lipinski definition) is 2. The van der Waals surface area contributed by atoms with Crippen LogP contribution < -0.4 is 10.6 Å². The van der Waals surface area contributed by atoms with Crippen molar-refractivity contribution in [3.63, 3.8) is 0 Å². The van der Waals surface area contributed by atoms with E-state index in [9.17, 15) is 0 Å². The van der Waals surface area contributed by atoms with Gasteiger partial charge in [0.25, 0.3) is 0 Å². The molecule has 2 unspecified atom stereocenters. The van der Waals surface area contributed by atoms with Crippen molar-refractivity contribution in [3.8, 4) is 0 Å². The van der Waals surface area contributed by atoms with Crippen molar-refractivity contribution in [2.45, 2.75) is 52.9 Å². The van der Waals surface area contributed by atoms with Crippen molar-refractivity contribution >= 4 is 11.6 Å². The summed E-state index contributed by atoms with van der Waals surface area (Å²) in [4.78, 5) is 9.27. The molecule has 4 nitrogen and oxygen atoms in total. The van der Waals surface area contributed by atoms with Gasteiger partial charge < -0.3 is 10.6 Å². The first-order valence-corrected chi connectivity index (χ1v) is 7.94. The predicted molar refractivity (Wildman–Crippen MR) is 85.3 cm³/mol. The molecule has 0 amide bonds. The molecule has 1 aliphatic carbocycles. The van der Waals surface area contributed by atoms with E-state index in [-0.39, 0.29) is 0 Å². The summed E-state index contributed by atoms with van der Waals surface area (Å²) in [5.41, 5.74) is 1.12. The Balaban J connectivity index is 2.10. The second-order valence-electron chi connectivity index (χ2n) is 6.01. The summed E-state index contributed by atoms with van der Waals surface area (Å²) in [6.07, 6.45) is 6.10.